The fourth-order valence-corrected chi connectivity index (χ4v) is 1.94. The van der Waals surface area contributed by atoms with E-state index in [1.54, 1.807) is 11.0 Å². The minimum Gasteiger partial charge on any atom is -0.475 e. The van der Waals surface area contributed by atoms with Gasteiger partial charge in [0.1, 0.15) is 24.3 Å². The van der Waals surface area contributed by atoms with Crippen LogP contribution in [0.3, 0.4) is 0 Å². The number of aromatic nitrogens is 2. The van der Waals surface area contributed by atoms with Gasteiger partial charge in [-0.05, 0) is 6.07 Å². The minimum absolute atomic E-state index is 0.123. The number of benzene rings is 1. The second-order valence-electron chi connectivity index (χ2n) is 3.99. The maximum atomic E-state index is 12.5. The van der Waals surface area contributed by atoms with Gasteiger partial charge in [-0.15, -0.1) is 0 Å². The molecule has 0 aliphatic carbocycles. The number of anilines is 2. The van der Waals surface area contributed by atoms with Gasteiger partial charge in [0.25, 0.3) is 5.91 Å². The standard InChI is InChI=1S/C13H11N4O2/c14-11-10-12(16-8-15-11)19-7-6-17(13(10)18)9-4-2-1-3-5-9/h1-4,8H,6-7H2,(H2,14,15,16). The molecule has 0 fully saturated rings. The lowest BCUT2D eigenvalue weighted by Gasteiger charge is -2.19. The highest BCUT2D eigenvalue weighted by atomic mass is 16.5. The van der Waals surface area contributed by atoms with E-state index in [0.717, 1.165) is 0 Å². The molecule has 0 atom stereocenters. The zero-order valence-electron chi connectivity index (χ0n) is 10.0. The zero-order valence-corrected chi connectivity index (χ0v) is 10.0. The van der Waals surface area contributed by atoms with E-state index in [-0.39, 0.29) is 23.2 Å². The Labute approximate surface area is 109 Å². The van der Waals surface area contributed by atoms with Crippen molar-refractivity contribution in [1.82, 2.24) is 9.97 Å². The molecule has 0 bridgehead atoms. The number of nitrogens with two attached hydrogens (primary N) is 1. The zero-order chi connectivity index (χ0) is 13.2. The van der Waals surface area contributed by atoms with Gasteiger partial charge in [-0.1, -0.05) is 18.2 Å². The predicted octanol–water partition coefficient (Wildman–Crippen LogP) is 0.898. The first-order valence-electron chi connectivity index (χ1n) is 5.79. The molecule has 1 aromatic carbocycles. The average Bonchev–Trinajstić information content (AvgIpc) is 2.60. The Bertz CT molecular complexity index is 615. The van der Waals surface area contributed by atoms with Crippen molar-refractivity contribution in [2.45, 2.75) is 0 Å². The molecule has 19 heavy (non-hydrogen) atoms. The molecule has 0 saturated heterocycles. The first-order chi connectivity index (χ1) is 9.27. The quantitative estimate of drug-likeness (QED) is 0.818. The Morgan fingerprint density at radius 3 is 3.05 bits per heavy atom. The molecule has 6 nitrogen and oxygen atoms in total. The topological polar surface area (TPSA) is 81.3 Å². The molecule has 6 heteroatoms. The highest BCUT2D eigenvalue weighted by Gasteiger charge is 2.28. The van der Waals surface area contributed by atoms with Crippen molar-refractivity contribution in [3.63, 3.8) is 0 Å². The summed E-state index contributed by atoms with van der Waals surface area (Å²) in [4.78, 5) is 21.9. The molecule has 1 amide bonds. The maximum absolute atomic E-state index is 12.5. The molecule has 95 valence electrons. The van der Waals surface area contributed by atoms with E-state index in [0.29, 0.717) is 18.8 Å². The molecular weight excluding hydrogens is 244 g/mol. The van der Waals surface area contributed by atoms with E-state index < -0.39 is 0 Å². The lowest BCUT2D eigenvalue weighted by atomic mass is 10.2. The molecule has 2 aromatic rings. The summed E-state index contributed by atoms with van der Waals surface area (Å²) in [5, 5.41) is 0. The largest absolute Gasteiger partial charge is 0.475 e. The van der Waals surface area contributed by atoms with Crippen molar-refractivity contribution < 1.29 is 9.53 Å². The van der Waals surface area contributed by atoms with E-state index in [2.05, 4.69) is 16.0 Å². The molecule has 2 N–H and O–H groups in total. The Kier molecular flexibility index (Phi) is 2.75. The van der Waals surface area contributed by atoms with Gasteiger partial charge < -0.3 is 15.4 Å². The summed E-state index contributed by atoms with van der Waals surface area (Å²) in [5.41, 5.74) is 6.63. The molecule has 0 saturated carbocycles. The van der Waals surface area contributed by atoms with Crippen LogP contribution in [0.25, 0.3) is 0 Å². The third-order valence-corrected chi connectivity index (χ3v) is 2.84. The first kappa shape index (κ1) is 11.5. The van der Waals surface area contributed by atoms with Gasteiger partial charge in [-0.25, -0.2) is 9.97 Å². The van der Waals surface area contributed by atoms with Gasteiger partial charge in [0, 0.05) is 6.07 Å². The van der Waals surface area contributed by atoms with Crippen molar-refractivity contribution in [1.29, 1.82) is 0 Å². The van der Waals surface area contributed by atoms with Gasteiger partial charge in [0.15, 0.2) is 0 Å². The van der Waals surface area contributed by atoms with Crippen molar-refractivity contribution in [2.75, 3.05) is 23.8 Å². The minimum atomic E-state index is -0.270. The summed E-state index contributed by atoms with van der Waals surface area (Å²) in [5.74, 6) is 0.0850. The molecule has 1 radical (unpaired) electrons. The molecule has 0 unspecified atom stereocenters. The Morgan fingerprint density at radius 2 is 2.26 bits per heavy atom. The molecule has 1 aliphatic heterocycles. The Hall–Kier alpha value is -2.63. The van der Waals surface area contributed by atoms with Crippen LogP contribution in [-0.2, 0) is 0 Å². The average molecular weight is 255 g/mol. The molecule has 3 rings (SSSR count). The number of nitrogens with zero attached hydrogens (tertiary/aromatic N) is 3. The van der Waals surface area contributed by atoms with Crippen LogP contribution in [-0.4, -0.2) is 29.0 Å². The molecular formula is C13H11N4O2. The number of carbonyl (C=O) groups is 1. The van der Waals surface area contributed by atoms with Crippen molar-refractivity contribution in [3.8, 4) is 5.88 Å². The highest BCUT2D eigenvalue weighted by Crippen LogP contribution is 2.26. The monoisotopic (exact) mass is 255 g/mol. The highest BCUT2D eigenvalue weighted by molar-refractivity contribution is 6.10. The van der Waals surface area contributed by atoms with E-state index in [1.165, 1.54) is 6.33 Å². The van der Waals surface area contributed by atoms with Crippen LogP contribution < -0.4 is 15.4 Å². The second kappa shape index (κ2) is 4.56. The summed E-state index contributed by atoms with van der Waals surface area (Å²) in [6, 6.07) is 10.3. The van der Waals surface area contributed by atoms with Crippen LogP contribution in [0.1, 0.15) is 10.4 Å². The normalized spacial score (nSPS) is 14.5. The van der Waals surface area contributed by atoms with Crippen LogP contribution in [0.4, 0.5) is 11.5 Å². The summed E-state index contributed by atoms with van der Waals surface area (Å²) >= 11 is 0. The third kappa shape index (κ3) is 1.97. The van der Waals surface area contributed by atoms with Crippen molar-refractivity contribution in [3.05, 3.63) is 42.2 Å². The van der Waals surface area contributed by atoms with Crippen LogP contribution in [0.2, 0.25) is 0 Å². The summed E-state index contributed by atoms with van der Waals surface area (Å²) in [7, 11) is 0. The van der Waals surface area contributed by atoms with E-state index in [1.807, 2.05) is 18.2 Å². The van der Waals surface area contributed by atoms with Gasteiger partial charge in [-0.3, -0.25) is 4.79 Å². The fraction of sp³-hybridized carbons (Fsp3) is 0.154. The van der Waals surface area contributed by atoms with E-state index in [9.17, 15) is 4.79 Å². The van der Waals surface area contributed by atoms with E-state index in [4.69, 9.17) is 10.5 Å². The molecule has 0 spiro atoms. The smallest absolute Gasteiger partial charge is 0.267 e. The van der Waals surface area contributed by atoms with Crippen LogP contribution in [0.15, 0.2) is 30.6 Å². The van der Waals surface area contributed by atoms with Crippen LogP contribution >= 0.6 is 0 Å². The second-order valence-corrected chi connectivity index (χ2v) is 3.99. The number of para-hydroxylation sites is 1. The van der Waals surface area contributed by atoms with Crippen molar-refractivity contribution in [2.24, 2.45) is 0 Å². The summed E-state index contributed by atoms with van der Waals surface area (Å²) in [6.45, 7) is 0.757. The summed E-state index contributed by atoms with van der Waals surface area (Å²) < 4.78 is 5.44. The number of hydrogen-bond acceptors (Lipinski definition) is 5. The molecule has 1 aliphatic rings. The van der Waals surface area contributed by atoms with Gasteiger partial charge in [-0.2, -0.15) is 0 Å². The number of hydrogen-bond donors (Lipinski definition) is 1. The van der Waals surface area contributed by atoms with Crippen LogP contribution in [0, 0.1) is 6.07 Å². The number of amides is 1. The lowest BCUT2D eigenvalue weighted by Crippen LogP contribution is -2.32. The maximum Gasteiger partial charge on any atom is 0.267 e. The number of fused-ring (bicyclic) bond motifs is 1. The Morgan fingerprint density at radius 1 is 1.37 bits per heavy atom. The SMILES string of the molecule is Nc1ncnc2c1C(=O)N(c1[c]cccc1)CCO2. The molecule has 1 aromatic heterocycles. The lowest BCUT2D eigenvalue weighted by molar-refractivity contribution is 0.0990. The number of nitrogen functional groups attached to an aromatic ring is 1. The first-order valence-corrected chi connectivity index (χ1v) is 5.79. The van der Waals surface area contributed by atoms with Gasteiger partial charge in [0.05, 0.1) is 12.2 Å². The third-order valence-electron chi connectivity index (χ3n) is 2.84. The number of ether oxygens (including phenoxy) is 1. The van der Waals surface area contributed by atoms with Gasteiger partial charge >= 0.3 is 0 Å². The predicted molar refractivity (Wildman–Crippen MR) is 68.9 cm³/mol. The fourth-order valence-electron chi connectivity index (χ4n) is 1.94. The van der Waals surface area contributed by atoms with Crippen LogP contribution in [0.5, 0.6) is 5.88 Å². The van der Waals surface area contributed by atoms with Gasteiger partial charge in [0.2, 0.25) is 5.88 Å². The summed E-state index contributed by atoms with van der Waals surface area (Å²) in [6.07, 6.45) is 1.28. The van der Waals surface area contributed by atoms with E-state index >= 15 is 0 Å². The molecule has 2 heterocycles. The van der Waals surface area contributed by atoms with Crippen molar-refractivity contribution >= 4 is 17.4 Å². The Balaban J connectivity index is 2.07. The number of carbonyl (C=O) groups excluding carboxylic acids is 1. The number of rotatable bonds is 1.